The number of halogens is 1. The van der Waals surface area contributed by atoms with Gasteiger partial charge < -0.3 is 10.4 Å². The van der Waals surface area contributed by atoms with Crippen molar-refractivity contribution >= 4 is 33.5 Å². The van der Waals surface area contributed by atoms with Crippen molar-refractivity contribution in [3.8, 4) is 0 Å². The van der Waals surface area contributed by atoms with Gasteiger partial charge in [0, 0.05) is 10.2 Å². The maximum Gasteiger partial charge on any atom is 0.307 e. The number of carboxylic acids is 1. The van der Waals surface area contributed by atoms with Gasteiger partial charge in [-0.25, -0.2) is 0 Å². The molecule has 0 saturated heterocycles. The Balaban J connectivity index is 2.09. The predicted molar refractivity (Wildman–Crippen MR) is 80.6 cm³/mol. The highest BCUT2D eigenvalue weighted by Crippen LogP contribution is 2.31. The summed E-state index contributed by atoms with van der Waals surface area (Å²) in [5.41, 5.74) is 1.74. The van der Waals surface area contributed by atoms with E-state index in [4.69, 9.17) is 0 Å². The minimum atomic E-state index is -0.864. The van der Waals surface area contributed by atoms with Crippen LogP contribution in [0.1, 0.15) is 31.2 Å². The van der Waals surface area contributed by atoms with Crippen molar-refractivity contribution in [2.24, 2.45) is 11.8 Å². The first kappa shape index (κ1) is 15.0. The van der Waals surface area contributed by atoms with Gasteiger partial charge in [-0.05, 0) is 43.5 Å². The lowest BCUT2D eigenvalue weighted by atomic mass is 9.78. The van der Waals surface area contributed by atoms with E-state index in [1.165, 1.54) is 0 Å². The Morgan fingerprint density at radius 2 is 1.90 bits per heavy atom. The number of aliphatic carboxylic acids is 1. The fourth-order valence-electron chi connectivity index (χ4n) is 2.70. The topological polar surface area (TPSA) is 66.4 Å². The third kappa shape index (κ3) is 3.39. The van der Waals surface area contributed by atoms with E-state index >= 15 is 0 Å². The van der Waals surface area contributed by atoms with E-state index in [0.29, 0.717) is 18.5 Å². The third-order valence-electron chi connectivity index (χ3n) is 3.85. The zero-order chi connectivity index (χ0) is 14.7. The third-order valence-corrected chi connectivity index (χ3v) is 4.74. The Bertz CT molecular complexity index is 530. The van der Waals surface area contributed by atoms with Crippen LogP contribution in [0.5, 0.6) is 0 Å². The van der Waals surface area contributed by atoms with Crippen LogP contribution in [0.25, 0.3) is 0 Å². The number of rotatable bonds is 3. The highest BCUT2D eigenvalue weighted by atomic mass is 79.9. The summed E-state index contributed by atoms with van der Waals surface area (Å²) in [6.45, 7) is 1.94. The molecule has 2 N–H and O–H groups in total. The van der Waals surface area contributed by atoms with E-state index in [1.54, 1.807) is 0 Å². The minimum Gasteiger partial charge on any atom is -0.481 e. The molecule has 2 rings (SSSR count). The molecule has 0 aromatic heterocycles. The molecule has 0 aliphatic heterocycles. The minimum absolute atomic E-state index is 0.182. The molecule has 0 unspecified atom stereocenters. The summed E-state index contributed by atoms with van der Waals surface area (Å²) < 4.78 is 0.983. The van der Waals surface area contributed by atoms with Crippen LogP contribution in [-0.4, -0.2) is 17.0 Å². The van der Waals surface area contributed by atoms with Crippen molar-refractivity contribution in [2.45, 2.75) is 32.6 Å². The second-order valence-electron chi connectivity index (χ2n) is 5.29. The number of aryl methyl sites for hydroxylation is 1. The highest BCUT2D eigenvalue weighted by molar-refractivity contribution is 9.10. The molecule has 0 bridgehead atoms. The number of amides is 1. The second kappa shape index (κ2) is 6.39. The van der Waals surface area contributed by atoms with E-state index in [2.05, 4.69) is 21.2 Å². The molecular weight excluding hydrogens is 322 g/mol. The molecular formula is C15H18BrNO3. The van der Waals surface area contributed by atoms with Crippen LogP contribution in [0.15, 0.2) is 22.7 Å². The van der Waals surface area contributed by atoms with Crippen LogP contribution in [0.2, 0.25) is 0 Å². The number of anilines is 1. The van der Waals surface area contributed by atoms with Crippen LogP contribution < -0.4 is 5.32 Å². The molecule has 1 aliphatic rings. The standard InChI is InChI=1S/C15H18BrNO3/c1-9-8-10(6-7-13(9)16)17-14(18)11-4-2-3-5-12(11)15(19)20/h6-8,11-12H,2-5H2,1H3,(H,17,18)(H,19,20)/t11-,12-/m1/s1. The molecule has 20 heavy (non-hydrogen) atoms. The molecule has 0 radical (unpaired) electrons. The van der Waals surface area contributed by atoms with Crippen LogP contribution in [0.3, 0.4) is 0 Å². The van der Waals surface area contributed by atoms with Gasteiger partial charge in [-0.1, -0.05) is 28.8 Å². The largest absolute Gasteiger partial charge is 0.481 e. The molecule has 0 heterocycles. The first-order valence-corrected chi connectivity index (χ1v) is 7.58. The molecule has 1 aromatic rings. The van der Waals surface area contributed by atoms with Crippen LogP contribution >= 0.6 is 15.9 Å². The van der Waals surface area contributed by atoms with Gasteiger partial charge in [0.05, 0.1) is 11.8 Å². The van der Waals surface area contributed by atoms with Gasteiger partial charge in [0.25, 0.3) is 0 Å². The van der Waals surface area contributed by atoms with Crippen LogP contribution in [-0.2, 0) is 9.59 Å². The van der Waals surface area contributed by atoms with Crippen molar-refractivity contribution in [1.29, 1.82) is 0 Å². The number of hydrogen-bond acceptors (Lipinski definition) is 2. The molecule has 108 valence electrons. The first-order valence-electron chi connectivity index (χ1n) is 6.79. The van der Waals surface area contributed by atoms with Gasteiger partial charge in [0.1, 0.15) is 0 Å². The second-order valence-corrected chi connectivity index (χ2v) is 6.14. The van der Waals surface area contributed by atoms with Crippen molar-refractivity contribution < 1.29 is 14.7 Å². The van der Waals surface area contributed by atoms with Crippen LogP contribution in [0, 0.1) is 18.8 Å². The maximum absolute atomic E-state index is 12.3. The summed E-state index contributed by atoms with van der Waals surface area (Å²) in [7, 11) is 0. The van der Waals surface area contributed by atoms with E-state index in [1.807, 2.05) is 25.1 Å². The van der Waals surface area contributed by atoms with E-state index < -0.39 is 17.8 Å². The molecule has 4 nitrogen and oxygen atoms in total. The van der Waals surface area contributed by atoms with Crippen molar-refractivity contribution in [3.63, 3.8) is 0 Å². The summed E-state index contributed by atoms with van der Waals surface area (Å²) in [4.78, 5) is 23.5. The normalized spacial score (nSPS) is 22.3. The summed E-state index contributed by atoms with van der Waals surface area (Å²) in [6, 6.07) is 5.56. The van der Waals surface area contributed by atoms with Gasteiger partial charge in [-0.15, -0.1) is 0 Å². The number of carboxylic acid groups (broad SMARTS) is 1. The zero-order valence-electron chi connectivity index (χ0n) is 11.4. The lowest BCUT2D eigenvalue weighted by molar-refractivity contribution is -0.147. The molecule has 1 amide bonds. The molecule has 1 aromatic carbocycles. The monoisotopic (exact) mass is 339 g/mol. The lowest BCUT2D eigenvalue weighted by Crippen LogP contribution is -2.36. The highest BCUT2D eigenvalue weighted by Gasteiger charge is 2.35. The van der Waals surface area contributed by atoms with Gasteiger partial charge >= 0.3 is 5.97 Å². The number of benzene rings is 1. The van der Waals surface area contributed by atoms with E-state index in [-0.39, 0.29) is 5.91 Å². The van der Waals surface area contributed by atoms with Crippen molar-refractivity contribution in [2.75, 3.05) is 5.32 Å². The molecule has 0 spiro atoms. The van der Waals surface area contributed by atoms with Crippen molar-refractivity contribution in [1.82, 2.24) is 0 Å². The lowest BCUT2D eigenvalue weighted by Gasteiger charge is -2.27. The molecule has 2 atom stereocenters. The number of carbonyl (C=O) groups excluding carboxylic acids is 1. The summed E-state index contributed by atoms with van der Waals surface area (Å²) >= 11 is 3.41. The van der Waals surface area contributed by atoms with Gasteiger partial charge in [0.15, 0.2) is 0 Å². The van der Waals surface area contributed by atoms with Gasteiger partial charge in [0.2, 0.25) is 5.91 Å². The molecule has 5 heteroatoms. The maximum atomic E-state index is 12.3. The zero-order valence-corrected chi connectivity index (χ0v) is 12.9. The average molecular weight is 340 g/mol. The summed E-state index contributed by atoms with van der Waals surface area (Å²) in [6.07, 6.45) is 3.05. The Labute approximate surface area is 126 Å². The fourth-order valence-corrected chi connectivity index (χ4v) is 2.94. The van der Waals surface area contributed by atoms with E-state index in [9.17, 15) is 14.7 Å². The average Bonchev–Trinajstić information content (AvgIpc) is 2.43. The summed E-state index contributed by atoms with van der Waals surface area (Å²) in [5.74, 6) is -2.03. The number of hydrogen-bond donors (Lipinski definition) is 2. The number of nitrogens with one attached hydrogen (secondary N) is 1. The fraction of sp³-hybridized carbons (Fsp3) is 0.467. The molecule has 1 saturated carbocycles. The SMILES string of the molecule is Cc1cc(NC(=O)[C@@H]2CCCC[C@H]2C(=O)O)ccc1Br. The first-order chi connectivity index (χ1) is 9.49. The summed E-state index contributed by atoms with van der Waals surface area (Å²) in [5, 5.41) is 12.1. The Kier molecular flexibility index (Phi) is 4.81. The Morgan fingerprint density at radius 3 is 2.50 bits per heavy atom. The van der Waals surface area contributed by atoms with Crippen molar-refractivity contribution in [3.05, 3.63) is 28.2 Å². The van der Waals surface area contributed by atoms with Gasteiger partial charge in [-0.3, -0.25) is 9.59 Å². The molecule has 1 fully saturated rings. The van der Waals surface area contributed by atoms with Gasteiger partial charge in [-0.2, -0.15) is 0 Å². The smallest absolute Gasteiger partial charge is 0.307 e. The molecule has 1 aliphatic carbocycles. The quantitative estimate of drug-likeness (QED) is 0.884. The number of carbonyl (C=O) groups is 2. The van der Waals surface area contributed by atoms with Crippen LogP contribution in [0.4, 0.5) is 5.69 Å². The Morgan fingerprint density at radius 1 is 1.25 bits per heavy atom. The Hall–Kier alpha value is -1.36. The predicted octanol–water partition coefficient (Wildman–Crippen LogP) is 3.59. The van der Waals surface area contributed by atoms with E-state index in [0.717, 1.165) is 22.9 Å².